The molecule has 0 spiro atoms. The lowest BCUT2D eigenvalue weighted by Gasteiger charge is -2.12. The summed E-state index contributed by atoms with van der Waals surface area (Å²) in [6.45, 7) is 0. The van der Waals surface area contributed by atoms with E-state index < -0.39 is 15.8 Å². The van der Waals surface area contributed by atoms with E-state index in [4.69, 9.17) is 0 Å². The van der Waals surface area contributed by atoms with Gasteiger partial charge in [-0.2, -0.15) is 0 Å². The zero-order valence-corrected chi connectivity index (χ0v) is 14.0. The van der Waals surface area contributed by atoms with E-state index in [0.717, 1.165) is 29.2 Å². The Kier molecular flexibility index (Phi) is 4.65. The molecule has 0 unspecified atom stereocenters. The summed E-state index contributed by atoms with van der Waals surface area (Å²) in [5.74, 6) is 1.76. The quantitative estimate of drug-likeness (QED) is 0.897. The van der Waals surface area contributed by atoms with Gasteiger partial charge in [0.1, 0.15) is 5.82 Å². The van der Waals surface area contributed by atoms with Crippen molar-refractivity contribution in [2.45, 2.75) is 9.48 Å². The van der Waals surface area contributed by atoms with Gasteiger partial charge in [0, 0.05) is 17.2 Å². The van der Waals surface area contributed by atoms with Gasteiger partial charge >= 0.3 is 0 Å². The van der Waals surface area contributed by atoms with Crippen molar-refractivity contribution in [3.8, 4) is 0 Å². The molecule has 1 heterocycles. The number of rotatable bonds is 4. The molecule has 7 heteroatoms. The molecule has 1 N–H and O–H groups in total. The van der Waals surface area contributed by atoms with Gasteiger partial charge in [0.15, 0.2) is 0 Å². The Morgan fingerprint density at radius 3 is 2.41 bits per heavy atom. The normalized spacial score (nSPS) is 15.9. The molecule has 0 atom stereocenters. The van der Waals surface area contributed by atoms with Crippen molar-refractivity contribution in [2.24, 2.45) is 0 Å². The number of thioether (sulfide) groups is 2. The maximum atomic E-state index is 12.9. The molecule has 1 aliphatic heterocycles. The second kappa shape index (κ2) is 6.52. The molecule has 0 saturated carbocycles. The van der Waals surface area contributed by atoms with E-state index in [0.29, 0.717) is 10.3 Å². The molecule has 1 aliphatic rings. The van der Waals surface area contributed by atoms with E-state index in [9.17, 15) is 12.8 Å². The van der Waals surface area contributed by atoms with Gasteiger partial charge < -0.3 is 0 Å². The van der Waals surface area contributed by atoms with Gasteiger partial charge in [0.25, 0.3) is 10.0 Å². The third-order valence-corrected chi connectivity index (χ3v) is 7.66. The molecule has 3 nitrogen and oxygen atoms in total. The third kappa shape index (κ3) is 3.59. The molecule has 2 aromatic rings. The fourth-order valence-corrected chi connectivity index (χ4v) is 6.02. The Morgan fingerprint density at radius 2 is 1.73 bits per heavy atom. The molecule has 3 rings (SSSR count). The van der Waals surface area contributed by atoms with E-state index in [1.807, 2.05) is 41.7 Å². The Hall–Kier alpha value is -1.18. The van der Waals surface area contributed by atoms with Crippen LogP contribution in [-0.4, -0.2) is 19.9 Å². The highest BCUT2D eigenvalue weighted by molar-refractivity contribution is 8.19. The molecule has 2 aromatic carbocycles. The fourth-order valence-electron chi connectivity index (χ4n) is 2.13. The summed E-state index contributed by atoms with van der Waals surface area (Å²) in [6.07, 6.45) is 0. The van der Waals surface area contributed by atoms with Crippen LogP contribution in [0.1, 0.15) is 10.1 Å². The lowest BCUT2D eigenvalue weighted by molar-refractivity contribution is 0.599. The van der Waals surface area contributed by atoms with E-state index in [-0.39, 0.29) is 4.90 Å². The first-order chi connectivity index (χ1) is 10.5. The maximum absolute atomic E-state index is 12.9. The Balaban J connectivity index is 1.82. The molecule has 0 radical (unpaired) electrons. The van der Waals surface area contributed by atoms with Gasteiger partial charge in [-0.05, 0) is 42.0 Å². The molecular weight excluding hydrogens is 341 g/mol. The third-order valence-electron chi connectivity index (χ3n) is 3.16. The summed E-state index contributed by atoms with van der Waals surface area (Å²) in [7, 11) is -3.70. The van der Waals surface area contributed by atoms with Crippen LogP contribution in [0.5, 0.6) is 0 Å². The largest absolute Gasteiger partial charge is 0.280 e. The molecule has 1 fully saturated rings. The Bertz CT molecular complexity index is 757. The molecule has 1 saturated heterocycles. The van der Waals surface area contributed by atoms with Crippen molar-refractivity contribution in [1.82, 2.24) is 0 Å². The van der Waals surface area contributed by atoms with Gasteiger partial charge in [-0.3, -0.25) is 4.72 Å². The molecule has 0 aromatic heterocycles. The average Bonchev–Trinajstić information content (AvgIpc) is 3.02. The van der Waals surface area contributed by atoms with Crippen LogP contribution in [0.25, 0.3) is 0 Å². The molecule has 116 valence electrons. The average molecular weight is 355 g/mol. The predicted octanol–water partition coefficient (Wildman–Crippen LogP) is 4.11. The van der Waals surface area contributed by atoms with Gasteiger partial charge in [0.05, 0.1) is 9.48 Å². The first-order valence-electron chi connectivity index (χ1n) is 6.66. The molecule has 22 heavy (non-hydrogen) atoms. The highest BCUT2D eigenvalue weighted by Crippen LogP contribution is 2.45. The van der Waals surface area contributed by atoms with Gasteiger partial charge in [-0.25, -0.2) is 12.8 Å². The van der Waals surface area contributed by atoms with Crippen molar-refractivity contribution in [3.05, 3.63) is 59.9 Å². The van der Waals surface area contributed by atoms with Crippen LogP contribution in [0.2, 0.25) is 0 Å². The van der Waals surface area contributed by atoms with Crippen molar-refractivity contribution < 1.29 is 12.8 Å². The number of sulfonamides is 1. The SMILES string of the molecule is O=S(=O)(Nc1cccc(C2SCCS2)c1)c1ccc(F)cc1. The summed E-state index contributed by atoms with van der Waals surface area (Å²) < 4.78 is 40.4. The minimum Gasteiger partial charge on any atom is -0.280 e. The van der Waals surface area contributed by atoms with Crippen molar-refractivity contribution in [1.29, 1.82) is 0 Å². The first kappa shape index (κ1) is 15.7. The standard InChI is InChI=1S/C15H14FNO2S3/c16-12-4-6-14(7-5-12)22(18,19)17-13-3-1-2-11(10-13)15-20-8-9-21-15/h1-7,10,15,17H,8-9H2. The number of anilines is 1. The zero-order chi connectivity index (χ0) is 15.6. The summed E-state index contributed by atoms with van der Waals surface area (Å²) in [4.78, 5) is 0.0453. The lowest BCUT2D eigenvalue weighted by atomic mass is 10.2. The monoisotopic (exact) mass is 355 g/mol. The smallest absolute Gasteiger partial charge is 0.261 e. The minimum atomic E-state index is -3.70. The van der Waals surface area contributed by atoms with Crippen LogP contribution in [0.4, 0.5) is 10.1 Å². The van der Waals surface area contributed by atoms with Crippen LogP contribution in [0, 0.1) is 5.82 Å². The van der Waals surface area contributed by atoms with Crippen molar-refractivity contribution in [2.75, 3.05) is 16.2 Å². The molecule has 0 aliphatic carbocycles. The van der Waals surface area contributed by atoms with Crippen molar-refractivity contribution >= 4 is 39.2 Å². The van der Waals surface area contributed by atoms with Crippen LogP contribution in [0.3, 0.4) is 0 Å². The summed E-state index contributed by atoms with van der Waals surface area (Å²) >= 11 is 3.73. The number of halogens is 1. The Labute approximate surface area is 137 Å². The molecule has 0 bridgehead atoms. The van der Waals surface area contributed by atoms with E-state index >= 15 is 0 Å². The second-order valence-corrected chi connectivity index (χ2v) is 9.17. The van der Waals surface area contributed by atoms with Crippen molar-refractivity contribution in [3.63, 3.8) is 0 Å². The summed E-state index contributed by atoms with van der Waals surface area (Å²) in [5, 5.41) is 0. The van der Waals surface area contributed by atoms with E-state index in [1.54, 1.807) is 6.07 Å². The Morgan fingerprint density at radius 1 is 1.05 bits per heavy atom. The van der Waals surface area contributed by atoms with Crippen LogP contribution in [-0.2, 0) is 10.0 Å². The van der Waals surface area contributed by atoms with Gasteiger partial charge in [0.2, 0.25) is 0 Å². The van der Waals surface area contributed by atoms with Crippen LogP contribution >= 0.6 is 23.5 Å². The topological polar surface area (TPSA) is 46.2 Å². The van der Waals surface area contributed by atoms with E-state index in [1.165, 1.54) is 12.1 Å². The van der Waals surface area contributed by atoms with E-state index in [2.05, 4.69) is 4.72 Å². The predicted molar refractivity (Wildman–Crippen MR) is 91.3 cm³/mol. The van der Waals surface area contributed by atoms with Gasteiger partial charge in [-0.15, -0.1) is 23.5 Å². The second-order valence-electron chi connectivity index (χ2n) is 4.76. The van der Waals surface area contributed by atoms with Crippen LogP contribution in [0.15, 0.2) is 53.4 Å². The highest BCUT2D eigenvalue weighted by atomic mass is 32.2. The molecular formula is C15H14FNO2S3. The minimum absolute atomic E-state index is 0.0453. The lowest BCUT2D eigenvalue weighted by Crippen LogP contribution is -2.13. The maximum Gasteiger partial charge on any atom is 0.261 e. The fraction of sp³-hybridized carbons (Fsp3) is 0.200. The number of hydrogen-bond acceptors (Lipinski definition) is 4. The summed E-state index contributed by atoms with van der Waals surface area (Å²) in [5.41, 5.74) is 1.63. The van der Waals surface area contributed by atoms with Gasteiger partial charge in [-0.1, -0.05) is 12.1 Å². The highest BCUT2D eigenvalue weighted by Gasteiger charge is 2.19. The number of hydrogen-bond donors (Lipinski definition) is 1. The zero-order valence-electron chi connectivity index (χ0n) is 11.5. The number of benzene rings is 2. The van der Waals surface area contributed by atoms with Crippen LogP contribution < -0.4 is 4.72 Å². The molecule has 0 amide bonds. The first-order valence-corrected chi connectivity index (χ1v) is 10.2. The number of nitrogens with one attached hydrogen (secondary N) is 1. The summed E-state index contributed by atoms with van der Waals surface area (Å²) in [6, 6.07) is 12.2.